The van der Waals surface area contributed by atoms with Gasteiger partial charge in [0.2, 0.25) is 11.7 Å². The molecule has 2 unspecified atom stereocenters. The van der Waals surface area contributed by atoms with Crippen molar-refractivity contribution in [1.82, 2.24) is 24.1 Å². The van der Waals surface area contributed by atoms with Crippen molar-refractivity contribution in [1.29, 1.82) is 0 Å². The SMILES string of the molecule is CC1CC(C)CN(C(=O)CCCc2nnc3n(C)c(=O)c4sccc4n23)C1. The van der Waals surface area contributed by atoms with Crippen LogP contribution in [0.25, 0.3) is 16.0 Å². The van der Waals surface area contributed by atoms with Crippen molar-refractivity contribution in [2.45, 2.75) is 39.5 Å². The fourth-order valence-electron chi connectivity index (χ4n) is 4.24. The van der Waals surface area contributed by atoms with Gasteiger partial charge in [0.25, 0.3) is 5.56 Å². The number of aromatic nitrogens is 4. The standard InChI is InChI=1S/C19H25N5O2S/c1-12-9-13(2)11-23(10-12)16(25)6-4-5-15-20-21-19-22(3)18(26)17-14(24(15)19)7-8-27-17/h7-8,12-13H,4-6,9-11H2,1-3H3. The molecule has 1 fully saturated rings. The van der Waals surface area contributed by atoms with E-state index in [0.717, 1.165) is 30.9 Å². The molecule has 144 valence electrons. The van der Waals surface area contributed by atoms with Crippen molar-refractivity contribution in [2.24, 2.45) is 18.9 Å². The van der Waals surface area contributed by atoms with Gasteiger partial charge in [0.1, 0.15) is 10.5 Å². The van der Waals surface area contributed by atoms with Gasteiger partial charge in [-0.25, -0.2) is 0 Å². The first-order valence-electron chi connectivity index (χ1n) is 9.53. The highest BCUT2D eigenvalue weighted by molar-refractivity contribution is 7.17. The van der Waals surface area contributed by atoms with E-state index in [4.69, 9.17) is 0 Å². The summed E-state index contributed by atoms with van der Waals surface area (Å²) >= 11 is 1.43. The van der Waals surface area contributed by atoms with Crippen molar-refractivity contribution in [2.75, 3.05) is 13.1 Å². The van der Waals surface area contributed by atoms with Crippen LogP contribution in [-0.2, 0) is 18.3 Å². The predicted molar refractivity (Wildman–Crippen MR) is 106 cm³/mol. The number of aryl methyl sites for hydroxylation is 2. The van der Waals surface area contributed by atoms with E-state index in [2.05, 4.69) is 24.0 Å². The lowest BCUT2D eigenvalue weighted by Gasteiger charge is -2.35. The largest absolute Gasteiger partial charge is 0.342 e. The van der Waals surface area contributed by atoms with Crippen LogP contribution in [0.15, 0.2) is 16.2 Å². The molecule has 2 atom stereocenters. The van der Waals surface area contributed by atoms with E-state index >= 15 is 0 Å². The zero-order valence-corrected chi connectivity index (χ0v) is 16.8. The summed E-state index contributed by atoms with van der Waals surface area (Å²) in [7, 11) is 1.72. The number of thiophene rings is 1. The van der Waals surface area contributed by atoms with Crippen molar-refractivity contribution in [3.05, 3.63) is 27.6 Å². The van der Waals surface area contributed by atoms with Crippen molar-refractivity contribution in [3.63, 3.8) is 0 Å². The first-order chi connectivity index (χ1) is 13.0. The van der Waals surface area contributed by atoms with Gasteiger partial charge in [-0.05, 0) is 36.1 Å². The molecule has 0 radical (unpaired) electrons. The average molecular weight is 388 g/mol. The van der Waals surface area contributed by atoms with E-state index in [9.17, 15) is 9.59 Å². The van der Waals surface area contributed by atoms with Crippen LogP contribution in [0.1, 0.15) is 38.9 Å². The lowest BCUT2D eigenvalue weighted by atomic mass is 9.91. The van der Waals surface area contributed by atoms with Gasteiger partial charge < -0.3 is 4.90 Å². The van der Waals surface area contributed by atoms with Gasteiger partial charge in [0.15, 0.2) is 0 Å². The Morgan fingerprint density at radius 2 is 2.00 bits per heavy atom. The number of fused-ring (bicyclic) bond motifs is 3. The second-order valence-corrected chi connectivity index (χ2v) is 8.77. The summed E-state index contributed by atoms with van der Waals surface area (Å²) in [6.07, 6.45) is 3.11. The second kappa shape index (κ2) is 7.07. The van der Waals surface area contributed by atoms with Crippen LogP contribution in [-0.4, -0.2) is 43.1 Å². The third-order valence-electron chi connectivity index (χ3n) is 5.41. The molecule has 27 heavy (non-hydrogen) atoms. The van der Waals surface area contributed by atoms with Gasteiger partial charge in [0, 0.05) is 33.0 Å². The Kier molecular flexibility index (Phi) is 4.75. The lowest BCUT2D eigenvalue weighted by Crippen LogP contribution is -2.42. The molecule has 1 aliphatic heterocycles. The highest BCUT2D eigenvalue weighted by Gasteiger charge is 2.25. The molecule has 3 aromatic rings. The van der Waals surface area contributed by atoms with Crippen molar-refractivity contribution < 1.29 is 4.79 Å². The second-order valence-electron chi connectivity index (χ2n) is 7.85. The van der Waals surface area contributed by atoms with E-state index in [1.54, 1.807) is 7.05 Å². The molecule has 1 amide bonds. The minimum atomic E-state index is -0.0463. The maximum Gasteiger partial charge on any atom is 0.272 e. The molecule has 0 bridgehead atoms. The van der Waals surface area contributed by atoms with Gasteiger partial charge in [-0.1, -0.05) is 13.8 Å². The number of hydrogen-bond acceptors (Lipinski definition) is 5. The lowest BCUT2D eigenvalue weighted by molar-refractivity contribution is -0.133. The van der Waals surface area contributed by atoms with E-state index < -0.39 is 0 Å². The monoisotopic (exact) mass is 387 g/mol. The molecule has 0 N–H and O–H groups in total. The summed E-state index contributed by atoms with van der Waals surface area (Å²) in [5.41, 5.74) is 0.804. The summed E-state index contributed by atoms with van der Waals surface area (Å²) in [5.74, 6) is 2.73. The van der Waals surface area contributed by atoms with Crippen LogP contribution in [0.4, 0.5) is 0 Å². The van der Waals surface area contributed by atoms with Crippen LogP contribution in [0.2, 0.25) is 0 Å². The number of nitrogens with zero attached hydrogens (tertiary/aromatic N) is 5. The zero-order chi connectivity index (χ0) is 19.1. The Balaban J connectivity index is 1.50. The summed E-state index contributed by atoms with van der Waals surface area (Å²) in [4.78, 5) is 27.0. The van der Waals surface area contributed by atoms with Crippen LogP contribution in [0.5, 0.6) is 0 Å². The van der Waals surface area contributed by atoms with Crippen LogP contribution < -0.4 is 5.56 Å². The molecule has 4 heterocycles. The minimum Gasteiger partial charge on any atom is -0.342 e. The van der Waals surface area contributed by atoms with Gasteiger partial charge in [-0.2, -0.15) is 0 Å². The molecule has 0 aliphatic carbocycles. The average Bonchev–Trinajstić information content (AvgIpc) is 3.25. The zero-order valence-electron chi connectivity index (χ0n) is 16.0. The van der Waals surface area contributed by atoms with Crippen molar-refractivity contribution in [3.8, 4) is 0 Å². The first kappa shape index (κ1) is 18.2. The Morgan fingerprint density at radius 3 is 2.74 bits per heavy atom. The van der Waals surface area contributed by atoms with Crippen LogP contribution in [0, 0.1) is 11.8 Å². The van der Waals surface area contributed by atoms with Gasteiger partial charge >= 0.3 is 0 Å². The van der Waals surface area contributed by atoms with E-state index in [1.165, 1.54) is 22.3 Å². The topological polar surface area (TPSA) is 72.5 Å². The Labute approximate surface area is 161 Å². The van der Waals surface area contributed by atoms with E-state index in [1.807, 2.05) is 20.7 Å². The predicted octanol–water partition coefficient (Wildman–Crippen LogP) is 2.47. The minimum absolute atomic E-state index is 0.0463. The number of piperidine rings is 1. The normalized spacial score (nSPS) is 20.6. The maximum atomic E-state index is 12.6. The summed E-state index contributed by atoms with van der Waals surface area (Å²) in [5, 5.41) is 10.4. The van der Waals surface area contributed by atoms with E-state index in [0.29, 0.717) is 35.2 Å². The number of hydrogen-bond donors (Lipinski definition) is 0. The Hall–Kier alpha value is -2.22. The number of amides is 1. The van der Waals surface area contributed by atoms with Gasteiger partial charge in [-0.15, -0.1) is 21.5 Å². The molecule has 3 aromatic heterocycles. The highest BCUT2D eigenvalue weighted by Crippen LogP contribution is 2.22. The molecular weight excluding hydrogens is 362 g/mol. The Morgan fingerprint density at radius 1 is 1.26 bits per heavy atom. The summed E-state index contributed by atoms with van der Waals surface area (Å²) in [6, 6.07) is 1.93. The van der Waals surface area contributed by atoms with E-state index in [-0.39, 0.29) is 11.5 Å². The molecular formula is C19H25N5O2S. The molecule has 1 aliphatic rings. The fraction of sp³-hybridized carbons (Fsp3) is 0.579. The molecule has 8 heteroatoms. The number of carbonyl (C=O) groups is 1. The Bertz CT molecular complexity index is 1040. The number of carbonyl (C=O) groups excluding carboxylic acids is 1. The molecule has 0 aromatic carbocycles. The summed E-state index contributed by atoms with van der Waals surface area (Å²) in [6.45, 7) is 6.17. The molecule has 0 spiro atoms. The molecule has 0 saturated carbocycles. The van der Waals surface area contributed by atoms with Crippen molar-refractivity contribution >= 4 is 33.2 Å². The maximum absolute atomic E-state index is 12.6. The fourth-order valence-corrected chi connectivity index (χ4v) is 5.09. The third-order valence-corrected chi connectivity index (χ3v) is 6.30. The summed E-state index contributed by atoms with van der Waals surface area (Å²) < 4.78 is 4.19. The van der Waals surface area contributed by atoms with Gasteiger partial charge in [-0.3, -0.25) is 18.6 Å². The number of rotatable bonds is 4. The quantitative estimate of drug-likeness (QED) is 0.689. The van der Waals surface area contributed by atoms with Gasteiger partial charge in [0.05, 0.1) is 5.52 Å². The third kappa shape index (κ3) is 3.26. The first-order valence-corrected chi connectivity index (χ1v) is 10.4. The molecule has 1 saturated heterocycles. The number of likely N-dealkylation sites (tertiary alicyclic amines) is 1. The highest BCUT2D eigenvalue weighted by atomic mass is 32.1. The van der Waals surface area contributed by atoms with Crippen LogP contribution >= 0.6 is 11.3 Å². The van der Waals surface area contributed by atoms with Crippen LogP contribution in [0.3, 0.4) is 0 Å². The smallest absolute Gasteiger partial charge is 0.272 e. The molecule has 4 rings (SSSR count). The molecule has 7 nitrogen and oxygen atoms in total.